The standard InChI is InChI=1S/C20H18F7N3/c21-12-4-10(3-11(5-12)19(22,23)24)8-29-13-6-14-15-9-28-2-1-17(15)30-18(14)16(7-13)20(25,26)27/h3-7,15,17,28-30H,1-2,8-9H2/t15-,17?/m0/s1. The van der Waals surface area contributed by atoms with E-state index in [9.17, 15) is 30.7 Å². The molecule has 2 aliphatic heterocycles. The van der Waals surface area contributed by atoms with Gasteiger partial charge in [-0.3, -0.25) is 0 Å². The van der Waals surface area contributed by atoms with Crippen LogP contribution in [0.2, 0.25) is 0 Å². The lowest BCUT2D eigenvalue weighted by atomic mass is 9.89. The van der Waals surface area contributed by atoms with Crippen LogP contribution in [-0.4, -0.2) is 19.1 Å². The first-order chi connectivity index (χ1) is 14.0. The summed E-state index contributed by atoms with van der Waals surface area (Å²) in [7, 11) is 0. The average molecular weight is 433 g/mol. The van der Waals surface area contributed by atoms with Crippen LogP contribution in [0.4, 0.5) is 42.1 Å². The minimum atomic E-state index is -4.72. The second-order valence-electron chi connectivity index (χ2n) is 7.54. The lowest BCUT2D eigenvalue weighted by molar-refractivity contribution is -0.138. The van der Waals surface area contributed by atoms with Crippen LogP contribution >= 0.6 is 0 Å². The van der Waals surface area contributed by atoms with Crippen LogP contribution in [0, 0.1) is 5.82 Å². The molecular formula is C20H18F7N3. The molecular weight excluding hydrogens is 415 g/mol. The van der Waals surface area contributed by atoms with Crippen LogP contribution in [0.5, 0.6) is 0 Å². The number of piperidine rings is 1. The van der Waals surface area contributed by atoms with Crippen LogP contribution in [0.1, 0.15) is 34.6 Å². The fraction of sp³-hybridized carbons (Fsp3) is 0.400. The van der Waals surface area contributed by atoms with E-state index < -0.39 is 29.3 Å². The SMILES string of the molecule is Fc1cc(CNc2cc3c(c(C(F)(F)F)c2)NC2CCNC[C@@H]32)cc(C(F)(F)F)c1. The molecule has 0 radical (unpaired) electrons. The van der Waals surface area contributed by atoms with Gasteiger partial charge in [0.2, 0.25) is 0 Å². The number of alkyl halides is 6. The lowest BCUT2D eigenvalue weighted by Gasteiger charge is -2.26. The molecule has 0 spiro atoms. The van der Waals surface area contributed by atoms with Gasteiger partial charge in [0.25, 0.3) is 0 Å². The van der Waals surface area contributed by atoms with Crippen molar-refractivity contribution in [3.63, 3.8) is 0 Å². The van der Waals surface area contributed by atoms with Gasteiger partial charge in [-0.2, -0.15) is 26.3 Å². The summed E-state index contributed by atoms with van der Waals surface area (Å²) in [6.45, 7) is 0.983. The highest BCUT2D eigenvalue weighted by Gasteiger charge is 2.42. The van der Waals surface area contributed by atoms with Crippen molar-refractivity contribution in [2.45, 2.75) is 37.3 Å². The topological polar surface area (TPSA) is 36.1 Å². The fourth-order valence-electron chi connectivity index (χ4n) is 4.11. The summed E-state index contributed by atoms with van der Waals surface area (Å²) >= 11 is 0. The quantitative estimate of drug-likeness (QED) is 0.572. The van der Waals surface area contributed by atoms with Gasteiger partial charge in [0, 0.05) is 30.7 Å². The summed E-state index contributed by atoms with van der Waals surface area (Å²) in [6.07, 6.45) is -8.64. The maximum absolute atomic E-state index is 13.6. The Kier molecular flexibility index (Phi) is 5.08. The van der Waals surface area contributed by atoms with Gasteiger partial charge in [-0.05, 0) is 54.4 Å². The van der Waals surface area contributed by atoms with E-state index in [0.29, 0.717) is 31.1 Å². The van der Waals surface area contributed by atoms with E-state index in [1.807, 2.05) is 0 Å². The maximum Gasteiger partial charge on any atom is 0.418 e. The Morgan fingerprint density at radius 1 is 0.967 bits per heavy atom. The monoisotopic (exact) mass is 433 g/mol. The Bertz CT molecular complexity index is 953. The van der Waals surface area contributed by atoms with Gasteiger partial charge in [0.05, 0.1) is 16.8 Å². The zero-order valence-corrected chi connectivity index (χ0v) is 15.5. The number of benzene rings is 2. The molecule has 2 aromatic carbocycles. The van der Waals surface area contributed by atoms with Crippen LogP contribution in [0.25, 0.3) is 0 Å². The highest BCUT2D eigenvalue weighted by Crippen LogP contribution is 2.47. The van der Waals surface area contributed by atoms with Crippen molar-refractivity contribution >= 4 is 11.4 Å². The molecule has 2 aromatic rings. The summed E-state index contributed by atoms with van der Waals surface area (Å²) in [6, 6.07) is 4.48. The van der Waals surface area contributed by atoms with Crippen LogP contribution in [0.15, 0.2) is 30.3 Å². The predicted octanol–water partition coefficient (Wildman–Crippen LogP) is 5.35. The molecule has 1 saturated heterocycles. The second kappa shape index (κ2) is 7.33. The summed E-state index contributed by atoms with van der Waals surface area (Å²) < 4.78 is 93.1. The molecule has 4 rings (SSSR count). The minimum Gasteiger partial charge on any atom is -0.381 e. The molecule has 2 heterocycles. The predicted molar refractivity (Wildman–Crippen MR) is 97.8 cm³/mol. The number of anilines is 2. The highest BCUT2D eigenvalue weighted by atomic mass is 19.4. The molecule has 3 nitrogen and oxygen atoms in total. The molecule has 0 bridgehead atoms. The number of nitrogens with one attached hydrogen (secondary N) is 3. The number of hydrogen-bond acceptors (Lipinski definition) is 3. The van der Waals surface area contributed by atoms with E-state index >= 15 is 0 Å². The number of fused-ring (bicyclic) bond motifs is 3. The molecule has 2 atom stereocenters. The highest BCUT2D eigenvalue weighted by molar-refractivity contribution is 5.71. The third kappa shape index (κ3) is 4.05. The van der Waals surface area contributed by atoms with Crippen molar-refractivity contribution in [2.24, 2.45) is 0 Å². The normalized spacial score (nSPS) is 21.0. The Labute approximate surface area is 167 Å². The van der Waals surface area contributed by atoms with Crippen molar-refractivity contribution in [1.29, 1.82) is 0 Å². The van der Waals surface area contributed by atoms with Gasteiger partial charge >= 0.3 is 12.4 Å². The van der Waals surface area contributed by atoms with Crippen molar-refractivity contribution in [3.8, 4) is 0 Å². The Morgan fingerprint density at radius 3 is 2.43 bits per heavy atom. The summed E-state index contributed by atoms with van der Waals surface area (Å²) in [5.74, 6) is -1.20. The van der Waals surface area contributed by atoms with E-state index in [-0.39, 0.29) is 35.4 Å². The van der Waals surface area contributed by atoms with Gasteiger partial charge in [-0.15, -0.1) is 0 Å². The third-order valence-electron chi connectivity index (χ3n) is 5.47. The summed E-state index contributed by atoms with van der Waals surface area (Å²) in [5.41, 5.74) is -1.31. The maximum atomic E-state index is 13.6. The van der Waals surface area contributed by atoms with Crippen LogP contribution in [0.3, 0.4) is 0 Å². The van der Waals surface area contributed by atoms with Gasteiger partial charge < -0.3 is 16.0 Å². The van der Waals surface area contributed by atoms with Gasteiger partial charge in [0.15, 0.2) is 0 Å². The Hall–Kier alpha value is -2.49. The molecule has 0 aromatic heterocycles. The van der Waals surface area contributed by atoms with Gasteiger partial charge in [0.1, 0.15) is 5.82 Å². The number of rotatable bonds is 3. The Balaban J connectivity index is 1.64. The molecule has 30 heavy (non-hydrogen) atoms. The first-order valence-electron chi connectivity index (χ1n) is 9.35. The van der Waals surface area contributed by atoms with Crippen molar-refractivity contribution in [2.75, 3.05) is 23.7 Å². The zero-order chi connectivity index (χ0) is 21.7. The third-order valence-corrected chi connectivity index (χ3v) is 5.47. The molecule has 162 valence electrons. The Morgan fingerprint density at radius 2 is 1.73 bits per heavy atom. The van der Waals surface area contributed by atoms with Crippen molar-refractivity contribution in [1.82, 2.24) is 5.32 Å². The molecule has 1 fully saturated rings. The molecule has 0 amide bonds. The largest absolute Gasteiger partial charge is 0.418 e. The first kappa shape index (κ1) is 20.8. The van der Waals surface area contributed by atoms with E-state index in [2.05, 4.69) is 16.0 Å². The number of hydrogen-bond donors (Lipinski definition) is 3. The fourth-order valence-corrected chi connectivity index (χ4v) is 4.11. The first-order valence-corrected chi connectivity index (χ1v) is 9.35. The van der Waals surface area contributed by atoms with Crippen molar-refractivity contribution in [3.05, 3.63) is 58.4 Å². The van der Waals surface area contributed by atoms with Crippen molar-refractivity contribution < 1.29 is 30.7 Å². The van der Waals surface area contributed by atoms with Gasteiger partial charge in [-0.1, -0.05) is 0 Å². The van der Waals surface area contributed by atoms with E-state index in [4.69, 9.17) is 0 Å². The molecule has 3 N–H and O–H groups in total. The average Bonchev–Trinajstić information content (AvgIpc) is 3.02. The molecule has 2 aliphatic rings. The van der Waals surface area contributed by atoms with E-state index in [0.717, 1.165) is 18.2 Å². The smallest absolute Gasteiger partial charge is 0.381 e. The second-order valence-corrected chi connectivity index (χ2v) is 7.54. The minimum absolute atomic E-state index is 0.0216. The summed E-state index contributed by atoms with van der Waals surface area (Å²) in [5, 5.41) is 8.87. The molecule has 10 heteroatoms. The molecule has 0 saturated carbocycles. The van der Waals surface area contributed by atoms with Crippen LogP contribution < -0.4 is 16.0 Å². The molecule has 1 unspecified atom stereocenters. The van der Waals surface area contributed by atoms with E-state index in [1.54, 1.807) is 6.07 Å². The van der Waals surface area contributed by atoms with Crippen LogP contribution in [-0.2, 0) is 18.9 Å². The molecule has 0 aliphatic carbocycles. The lowest BCUT2D eigenvalue weighted by Crippen LogP contribution is -2.38. The van der Waals surface area contributed by atoms with E-state index in [1.165, 1.54) is 0 Å². The van der Waals surface area contributed by atoms with Gasteiger partial charge in [-0.25, -0.2) is 4.39 Å². The zero-order valence-electron chi connectivity index (χ0n) is 15.5. The number of halogens is 7. The summed E-state index contributed by atoms with van der Waals surface area (Å²) in [4.78, 5) is 0.